The van der Waals surface area contributed by atoms with E-state index in [0.29, 0.717) is 17.1 Å². The quantitative estimate of drug-likeness (QED) is 0.877. The summed E-state index contributed by atoms with van der Waals surface area (Å²) in [5.41, 5.74) is 1.00. The minimum Gasteiger partial charge on any atom is -0.373 e. The number of nitrogens with one attached hydrogen (secondary N) is 2. The highest BCUT2D eigenvalue weighted by Gasteiger charge is 2.30. The first-order valence-electron chi connectivity index (χ1n) is 6.69. The Morgan fingerprint density at radius 2 is 1.90 bits per heavy atom. The Hall–Kier alpha value is -1.79. The molecule has 0 bridgehead atoms. The molecule has 0 aliphatic rings. The third kappa shape index (κ3) is 5.61. The van der Waals surface area contributed by atoms with E-state index in [2.05, 4.69) is 15.6 Å². The van der Waals surface area contributed by atoms with E-state index in [0.717, 1.165) is 0 Å². The van der Waals surface area contributed by atoms with Gasteiger partial charge in [0.1, 0.15) is 5.82 Å². The number of alkyl halides is 3. The zero-order valence-electron chi connectivity index (χ0n) is 12.5. The summed E-state index contributed by atoms with van der Waals surface area (Å²) in [6, 6.07) is 2.13. The number of anilines is 1. The molecule has 4 nitrogen and oxygen atoms in total. The largest absolute Gasteiger partial charge is 0.391 e. The first kappa shape index (κ1) is 17.3. The Morgan fingerprint density at radius 1 is 1.29 bits per heavy atom. The summed E-state index contributed by atoms with van der Waals surface area (Å²) in [7, 11) is 1.67. The van der Waals surface area contributed by atoms with Crippen LogP contribution in [-0.2, 0) is 0 Å². The predicted octanol–water partition coefficient (Wildman–Crippen LogP) is 3.32. The lowest BCUT2D eigenvalue weighted by Crippen LogP contribution is -2.36. The fourth-order valence-electron chi connectivity index (χ4n) is 1.81. The monoisotopic (exact) mass is 303 g/mol. The molecule has 1 amide bonds. The number of halogens is 3. The van der Waals surface area contributed by atoms with Crippen molar-refractivity contribution >= 4 is 11.7 Å². The second kappa shape index (κ2) is 6.78. The first-order valence-corrected chi connectivity index (χ1v) is 6.69. The van der Waals surface area contributed by atoms with Crippen LogP contribution >= 0.6 is 0 Å². The third-order valence-electron chi connectivity index (χ3n) is 2.87. The van der Waals surface area contributed by atoms with Crippen LogP contribution in [0.5, 0.6) is 0 Å². The van der Waals surface area contributed by atoms with Crippen LogP contribution in [0.3, 0.4) is 0 Å². The molecule has 0 radical (unpaired) electrons. The van der Waals surface area contributed by atoms with E-state index < -0.39 is 24.5 Å². The van der Waals surface area contributed by atoms with Crippen LogP contribution < -0.4 is 10.6 Å². The molecule has 2 N–H and O–H groups in total. The van der Waals surface area contributed by atoms with E-state index in [1.807, 2.05) is 13.8 Å². The summed E-state index contributed by atoms with van der Waals surface area (Å²) in [6.07, 6.45) is -5.36. The van der Waals surface area contributed by atoms with Crippen molar-refractivity contribution < 1.29 is 18.0 Å². The zero-order valence-corrected chi connectivity index (χ0v) is 12.5. The van der Waals surface area contributed by atoms with Gasteiger partial charge in [0.25, 0.3) is 5.91 Å². The fourth-order valence-corrected chi connectivity index (χ4v) is 1.81. The van der Waals surface area contributed by atoms with Gasteiger partial charge >= 0.3 is 6.18 Å². The molecule has 118 valence electrons. The van der Waals surface area contributed by atoms with E-state index in [9.17, 15) is 18.0 Å². The molecule has 0 aliphatic carbocycles. The zero-order chi connectivity index (χ0) is 16.2. The van der Waals surface area contributed by atoms with Crippen molar-refractivity contribution in [2.45, 2.75) is 45.3 Å². The number of pyridine rings is 1. The van der Waals surface area contributed by atoms with Gasteiger partial charge < -0.3 is 10.6 Å². The molecule has 1 unspecified atom stereocenters. The molecule has 0 aromatic carbocycles. The maximum Gasteiger partial charge on any atom is 0.391 e. The van der Waals surface area contributed by atoms with Gasteiger partial charge in [-0.15, -0.1) is 0 Å². The molecule has 1 atom stereocenters. The summed E-state index contributed by atoms with van der Waals surface area (Å²) in [4.78, 5) is 16.4. The highest BCUT2D eigenvalue weighted by Crippen LogP contribution is 2.22. The van der Waals surface area contributed by atoms with Crippen molar-refractivity contribution in [3.05, 3.63) is 23.4 Å². The minimum absolute atomic E-state index is 0.109. The van der Waals surface area contributed by atoms with Crippen LogP contribution in [0.15, 0.2) is 12.1 Å². The van der Waals surface area contributed by atoms with Gasteiger partial charge in [0.05, 0.1) is 6.42 Å². The van der Waals surface area contributed by atoms with Crippen LogP contribution in [0.4, 0.5) is 19.0 Å². The first-order chi connectivity index (χ1) is 9.62. The van der Waals surface area contributed by atoms with E-state index >= 15 is 0 Å². The van der Waals surface area contributed by atoms with Crippen LogP contribution in [-0.4, -0.2) is 30.2 Å². The van der Waals surface area contributed by atoms with Crippen molar-refractivity contribution in [1.29, 1.82) is 0 Å². The highest BCUT2D eigenvalue weighted by atomic mass is 19.4. The maximum absolute atomic E-state index is 12.3. The van der Waals surface area contributed by atoms with Crippen LogP contribution in [0.25, 0.3) is 0 Å². The average molecular weight is 303 g/mol. The molecule has 21 heavy (non-hydrogen) atoms. The minimum atomic E-state index is -4.30. The molecular weight excluding hydrogens is 283 g/mol. The number of carbonyl (C=O) groups excluding carboxylic acids is 1. The second-order valence-electron chi connectivity index (χ2n) is 5.26. The van der Waals surface area contributed by atoms with Crippen molar-refractivity contribution in [3.63, 3.8) is 0 Å². The van der Waals surface area contributed by atoms with E-state index in [4.69, 9.17) is 0 Å². The topological polar surface area (TPSA) is 54.0 Å². The standard InChI is InChI=1S/C14H20F3N3O/c1-8(2)11-5-10(6-12(18-4)20-11)13(21)19-9(3)7-14(15,16)17/h5-6,8-9H,7H2,1-4H3,(H,18,20)(H,19,21). The van der Waals surface area contributed by atoms with Gasteiger partial charge in [0.2, 0.25) is 0 Å². The lowest BCUT2D eigenvalue weighted by atomic mass is 10.1. The summed E-state index contributed by atoms with van der Waals surface area (Å²) in [5.74, 6) is 0.0832. The SMILES string of the molecule is CNc1cc(C(=O)NC(C)CC(F)(F)F)cc(C(C)C)n1. The van der Waals surface area contributed by atoms with Gasteiger partial charge in [-0.2, -0.15) is 13.2 Å². The fraction of sp³-hybridized carbons (Fsp3) is 0.571. The van der Waals surface area contributed by atoms with Crippen LogP contribution in [0, 0.1) is 0 Å². The Balaban J connectivity index is 2.89. The van der Waals surface area contributed by atoms with E-state index in [-0.39, 0.29) is 5.92 Å². The summed E-state index contributed by atoms with van der Waals surface area (Å²) >= 11 is 0. The molecule has 0 saturated carbocycles. The van der Waals surface area contributed by atoms with Crippen molar-refractivity contribution in [3.8, 4) is 0 Å². The van der Waals surface area contributed by atoms with Crippen LogP contribution in [0.1, 0.15) is 49.2 Å². The molecule has 1 aromatic heterocycles. The Bertz CT molecular complexity index is 501. The van der Waals surface area contributed by atoms with Gasteiger partial charge in [-0.25, -0.2) is 4.98 Å². The molecule has 0 aliphatic heterocycles. The molecule has 1 aromatic rings. The number of hydrogen-bond acceptors (Lipinski definition) is 3. The van der Waals surface area contributed by atoms with Crippen LogP contribution in [0.2, 0.25) is 0 Å². The lowest BCUT2D eigenvalue weighted by molar-refractivity contribution is -0.138. The van der Waals surface area contributed by atoms with E-state index in [1.54, 1.807) is 13.1 Å². The Labute approximate surface area is 122 Å². The number of aromatic nitrogens is 1. The lowest BCUT2D eigenvalue weighted by Gasteiger charge is -2.17. The molecule has 7 heteroatoms. The van der Waals surface area contributed by atoms with Gasteiger partial charge in [-0.3, -0.25) is 4.79 Å². The molecule has 0 saturated heterocycles. The number of amides is 1. The molecule has 0 fully saturated rings. The second-order valence-corrected chi connectivity index (χ2v) is 5.26. The average Bonchev–Trinajstić information content (AvgIpc) is 2.35. The third-order valence-corrected chi connectivity index (χ3v) is 2.87. The summed E-state index contributed by atoms with van der Waals surface area (Å²) in [6.45, 7) is 5.18. The Kier molecular flexibility index (Phi) is 5.57. The van der Waals surface area contributed by atoms with Crippen molar-refractivity contribution in [1.82, 2.24) is 10.3 Å². The van der Waals surface area contributed by atoms with Gasteiger partial charge in [-0.1, -0.05) is 13.8 Å². The van der Waals surface area contributed by atoms with Gasteiger partial charge in [0, 0.05) is 24.3 Å². The van der Waals surface area contributed by atoms with Crippen molar-refractivity contribution in [2.75, 3.05) is 12.4 Å². The molecular formula is C14H20F3N3O. The number of nitrogens with zero attached hydrogens (tertiary/aromatic N) is 1. The van der Waals surface area contributed by atoms with Gasteiger partial charge in [-0.05, 0) is 25.0 Å². The predicted molar refractivity (Wildman–Crippen MR) is 75.5 cm³/mol. The highest BCUT2D eigenvalue weighted by molar-refractivity contribution is 5.95. The number of carbonyl (C=O) groups is 1. The Morgan fingerprint density at radius 3 is 2.38 bits per heavy atom. The van der Waals surface area contributed by atoms with Gasteiger partial charge in [0.15, 0.2) is 0 Å². The summed E-state index contributed by atoms with van der Waals surface area (Å²) < 4.78 is 36.8. The molecule has 1 heterocycles. The molecule has 1 rings (SSSR count). The van der Waals surface area contributed by atoms with E-state index in [1.165, 1.54) is 13.0 Å². The number of rotatable bonds is 5. The number of hydrogen-bond donors (Lipinski definition) is 2. The maximum atomic E-state index is 12.3. The van der Waals surface area contributed by atoms with Crippen molar-refractivity contribution in [2.24, 2.45) is 0 Å². The molecule has 0 spiro atoms. The normalized spacial score (nSPS) is 13.1. The summed E-state index contributed by atoms with van der Waals surface area (Å²) in [5, 5.41) is 5.19. The smallest absolute Gasteiger partial charge is 0.373 e.